The fourth-order valence-corrected chi connectivity index (χ4v) is 1.39. The number of nitrogens with one attached hydrogen (secondary N) is 1. The van der Waals surface area contributed by atoms with Gasteiger partial charge >= 0.3 is 0 Å². The quantitative estimate of drug-likeness (QED) is 0.711. The second-order valence-corrected chi connectivity index (χ2v) is 6.19. The first-order valence-corrected chi connectivity index (χ1v) is 6.61. The molecule has 0 aliphatic rings. The van der Waals surface area contributed by atoms with Gasteiger partial charge in [-0.05, 0) is 32.1 Å². The first kappa shape index (κ1) is 16.4. The molecule has 0 aliphatic heterocycles. The zero-order valence-electron chi connectivity index (χ0n) is 12.4. The first-order valence-electron chi connectivity index (χ1n) is 6.61. The van der Waals surface area contributed by atoms with Crippen LogP contribution in [0.25, 0.3) is 0 Å². The average molecular weight is 243 g/mol. The molecule has 0 rings (SSSR count). The molecule has 0 aromatic carbocycles. The lowest BCUT2D eigenvalue weighted by atomic mass is 9.91. The summed E-state index contributed by atoms with van der Waals surface area (Å²) in [6, 6.07) is 0. The van der Waals surface area contributed by atoms with Gasteiger partial charge in [0.25, 0.3) is 0 Å². The van der Waals surface area contributed by atoms with E-state index in [9.17, 15) is 4.79 Å². The van der Waals surface area contributed by atoms with E-state index in [4.69, 9.17) is 4.74 Å². The number of amides is 1. The Balaban J connectivity index is 3.97. The molecule has 3 nitrogen and oxygen atoms in total. The lowest BCUT2D eigenvalue weighted by Gasteiger charge is -2.29. The van der Waals surface area contributed by atoms with E-state index in [-0.39, 0.29) is 16.9 Å². The Bertz CT molecular complexity index is 234. The zero-order chi connectivity index (χ0) is 13.5. The van der Waals surface area contributed by atoms with E-state index in [0.29, 0.717) is 13.0 Å². The number of rotatable bonds is 8. The number of hydrogen-bond donors (Lipinski definition) is 1. The van der Waals surface area contributed by atoms with Gasteiger partial charge in [0.05, 0.1) is 18.8 Å². The van der Waals surface area contributed by atoms with Crippen LogP contribution in [0.4, 0.5) is 0 Å². The molecule has 3 heteroatoms. The van der Waals surface area contributed by atoms with Crippen LogP contribution in [0.1, 0.15) is 60.8 Å². The molecule has 0 aliphatic carbocycles. The van der Waals surface area contributed by atoms with Crippen LogP contribution in [-0.4, -0.2) is 24.7 Å². The second kappa shape index (κ2) is 7.00. The number of carbonyl (C=O) groups excluding carboxylic acids is 1. The highest BCUT2D eigenvalue weighted by molar-refractivity contribution is 5.76. The van der Waals surface area contributed by atoms with Gasteiger partial charge in [0.15, 0.2) is 0 Å². The fourth-order valence-electron chi connectivity index (χ4n) is 1.39. The highest BCUT2D eigenvalue weighted by atomic mass is 16.5. The largest absolute Gasteiger partial charge is 0.378 e. The molecular weight excluding hydrogens is 214 g/mol. The summed E-state index contributed by atoms with van der Waals surface area (Å²) in [5, 5.41) is 3.00. The molecular formula is C14H29NO2. The van der Waals surface area contributed by atoms with Crippen molar-refractivity contribution in [2.75, 3.05) is 13.2 Å². The maximum absolute atomic E-state index is 11.5. The summed E-state index contributed by atoms with van der Waals surface area (Å²) >= 11 is 0. The van der Waals surface area contributed by atoms with Gasteiger partial charge < -0.3 is 10.1 Å². The van der Waals surface area contributed by atoms with E-state index in [1.807, 2.05) is 20.8 Å². The monoisotopic (exact) mass is 243 g/mol. The van der Waals surface area contributed by atoms with Crippen LogP contribution in [0, 0.1) is 5.41 Å². The Kier molecular flexibility index (Phi) is 6.76. The molecule has 0 aromatic heterocycles. The van der Waals surface area contributed by atoms with Crippen molar-refractivity contribution in [2.45, 2.75) is 66.3 Å². The van der Waals surface area contributed by atoms with Crippen LogP contribution < -0.4 is 5.32 Å². The molecule has 0 aromatic rings. The Labute approximate surface area is 106 Å². The van der Waals surface area contributed by atoms with Gasteiger partial charge in [-0.2, -0.15) is 0 Å². The average Bonchev–Trinajstić information content (AvgIpc) is 2.16. The minimum absolute atomic E-state index is 0.107. The van der Waals surface area contributed by atoms with Crippen LogP contribution >= 0.6 is 0 Å². The standard InChI is InChI=1S/C14H29NO2/c1-7-9-12(16)15-14(5,6)11-17-10-13(3,4)8-2/h7-11H2,1-6H3,(H,15,16). The molecule has 102 valence electrons. The van der Waals surface area contributed by atoms with Crippen molar-refractivity contribution >= 4 is 5.91 Å². The van der Waals surface area contributed by atoms with E-state index in [1.165, 1.54) is 0 Å². The summed E-state index contributed by atoms with van der Waals surface area (Å²) < 4.78 is 5.72. The zero-order valence-corrected chi connectivity index (χ0v) is 12.4. The first-order chi connectivity index (χ1) is 7.72. The van der Waals surface area contributed by atoms with Gasteiger partial charge in [-0.15, -0.1) is 0 Å². The molecule has 0 bridgehead atoms. The van der Waals surface area contributed by atoms with Gasteiger partial charge in [-0.1, -0.05) is 27.7 Å². The third kappa shape index (κ3) is 8.19. The van der Waals surface area contributed by atoms with E-state index < -0.39 is 0 Å². The van der Waals surface area contributed by atoms with Gasteiger partial charge in [-0.3, -0.25) is 4.79 Å². The van der Waals surface area contributed by atoms with E-state index >= 15 is 0 Å². The highest BCUT2D eigenvalue weighted by Gasteiger charge is 2.22. The molecule has 0 heterocycles. The van der Waals surface area contributed by atoms with Crippen LogP contribution in [0.15, 0.2) is 0 Å². The molecule has 17 heavy (non-hydrogen) atoms. The van der Waals surface area contributed by atoms with E-state index in [1.54, 1.807) is 0 Å². The maximum atomic E-state index is 11.5. The van der Waals surface area contributed by atoms with Gasteiger partial charge in [0.1, 0.15) is 0 Å². The van der Waals surface area contributed by atoms with Crippen LogP contribution in [-0.2, 0) is 9.53 Å². The Morgan fingerprint density at radius 1 is 1.12 bits per heavy atom. The topological polar surface area (TPSA) is 38.3 Å². The van der Waals surface area contributed by atoms with Gasteiger partial charge in [-0.25, -0.2) is 0 Å². The van der Waals surface area contributed by atoms with Crippen molar-refractivity contribution in [1.29, 1.82) is 0 Å². The second-order valence-electron chi connectivity index (χ2n) is 6.19. The minimum Gasteiger partial charge on any atom is -0.378 e. The molecule has 1 N–H and O–H groups in total. The third-order valence-electron chi connectivity index (χ3n) is 2.87. The Hall–Kier alpha value is -0.570. The molecule has 0 radical (unpaired) electrons. The molecule has 1 amide bonds. The predicted molar refractivity (Wildman–Crippen MR) is 72.0 cm³/mol. The minimum atomic E-state index is -0.282. The molecule has 0 fully saturated rings. The summed E-state index contributed by atoms with van der Waals surface area (Å²) in [5.41, 5.74) is -0.0699. The lowest BCUT2D eigenvalue weighted by molar-refractivity contribution is -0.123. The molecule has 0 saturated carbocycles. The van der Waals surface area contributed by atoms with Crippen molar-refractivity contribution in [3.8, 4) is 0 Å². The lowest BCUT2D eigenvalue weighted by Crippen LogP contribution is -2.47. The third-order valence-corrected chi connectivity index (χ3v) is 2.87. The highest BCUT2D eigenvalue weighted by Crippen LogP contribution is 2.20. The SMILES string of the molecule is CCCC(=O)NC(C)(C)COCC(C)(C)CC. The van der Waals surface area contributed by atoms with Crippen molar-refractivity contribution in [2.24, 2.45) is 5.41 Å². The van der Waals surface area contributed by atoms with Crippen molar-refractivity contribution in [3.63, 3.8) is 0 Å². The summed E-state index contributed by atoms with van der Waals surface area (Å²) in [4.78, 5) is 11.5. The summed E-state index contributed by atoms with van der Waals surface area (Å²) in [5.74, 6) is 0.107. The molecule has 0 saturated heterocycles. The van der Waals surface area contributed by atoms with Crippen molar-refractivity contribution < 1.29 is 9.53 Å². The summed E-state index contributed by atoms with van der Waals surface area (Å²) in [6.45, 7) is 13.8. The van der Waals surface area contributed by atoms with Crippen LogP contribution in [0.5, 0.6) is 0 Å². The van der Waals surface area contributed by atoms with Crippen LogP contribution in [0.3, 0.4) is 0 Å². The number of carbonyl (C=O) groups is 1. The predicted octanol–water partition coefficient (Wildman–Crippen LogP) is 3.13. The number of ether oxygens (including phenoxy) is 1. The van der Waals surface area contributed by atoms with E-state index in [2.05, 4.69) is 26.1 Å². The molecule has 0 unspecified atom stereocenters. The fraction of sp³-hybridized carbons (Fsp3) is 0.929. The van der Waals surface area contributed by atoms with Crippen molar-refractivity contribution in [3.05, 3.63) is 0 Å². The summed E-state index contributed by atoms with van der Waals surface area (Å²) in [6.07, 6.45) is 2.56. The number of hydrogen-bond acceptors (Lipinski definition) is 2. The Morgan fingerprint density at radius 2 is 1.71 bits per heavy atom. The Morgan fingerprint density at radius 3 is 2.18 bits per heavy atom. The normalized spacial score (nSPS) is 12.6. The molecule has 0 atom stereocenters. The van der Waals surface area contributed by atoms with Crippen LogP contribution in [0.2, 0.25) is 0 Å². The van der Waals surface area contributed by atoms with Crippen molar-refractivity contribution in [1.82, 2.24) is 5.32 Å². The smallest absolute Gasteiger partial charge is 0.220 e. The summed E-state index contributed by atoms with van der Waals surface area (Å²) in [7, 11) is 0. The van der Waals surface area contributed by atoms with E-state index in [0.717, 1.165) is 19.4 Å². The van der Waals surface area contributed by atoms with Gasteiger partial charge in [0.2, 0.25) is 5.91 Å². The molecule has 0 spiro atoms. The van der Waals surface area contributed by atoms with Gasteiger partial charge in [0, 0.05) is 6.42 Å². The maximum Gasteiger partial charge on any atom is 0.220 e.